The van der Waals surface area contributed by atoms with Crippen molar-refractivity contribution in [1.82, 2.24) is 9.38 Å². The third kappa shape index (κ3) is 2.96. The molecule has 1 aromatic carbocycles. The summed E-state index contributed by atoms with van der Waals surface area (Å²) in [5.74, 6) is 0.807. The molecule has 0 spiro atoms. The first-order valence-corrected chi connectivity index (χ1v) is 8.24. The van der Waals surface area contributed by atoms with Crippen molar-refractivity contribution in [2.45, 2.75) is 47.0 Å². The Morgan fingerprint density at radius 3 is 2.38 bits per heavy atom. The number of fused-ring (bicyclic) bond motifs is 1. The highest BCUT2D eigenvalue weighted by atomic mass is 15.2. The van der Waals surface area contributed by atoms with Crippen LogP contribution in [0.3, 0.4) is 0 Å². The quantitative estimate of drug-likeness (QED) is 0.536. The van der Waals surface area contributed by atoms with E-state index >= 15 is 0 Å². The van der Waals surface area contributed by atoms with Crippen molar-refractivity contribution in [2.75, 3.05) is 0 Å². The summed E-state index contributed by atoms with van der Waals surface area (Å²) in [5.41, 5.74) is 6.18. The van der Waals surface area contributed by atoms with Crippen molar-refractivity contribution in [3.63, 3.8) is 0 Å². The van der Waals surface area contributed by atoms with Gasteiger partial charge in [-0.3, -0.25) is 4.40 Å². The second-order valence-corrected chi connectivity index (χ2v) is 7.41. The lowest BCUT2D eigenvalue weighted by Gasteiger charge is -2.15. The molecule has 3 rings (SSSR count). The molecule has 2 aromatic heterocycles. The number of azo groups is 1. The average molecular weight is 320 g/mol. The SMILES string of the molecule is Cc1ccc(N=Nc2c(C(C)(C)C)nc3c(C)cccn23)c(C)c1. The van der Waals surface area contributed by atoms with Crippen LogP contribution in [0, 0.1) is 20.8 Å². The van der Waals surface area contributed by atoms with Gasteiger partial charge in [0.25, 0.3) is 0 Å². The summed E-state index contributed by atoms with van der Waals surface area (Å²) in [4.78, 5) is 4.84. The fourth-order valence-corrected chi connectivity index (χ4v) is 2.81. The molecule has 0 radical (unpaired) electrons. The molecule has 0 amide bonds. The number of rotatable bonds is 2. The van der Waals surface area contributed by atoms with E-state index in [2.05, 4.69) is 70.0 Å². The Bertz CT molecular complexity index is 927. The molecular weight excluding hydrogens is 296 g/mol. The van der Waals surface area contributed by atoms with Crippen LogP contribution in [-0.2, 0) is 5.41 Å². The normalized spacial score (nSPS) is 12.4. The Hall–Kier alpha value is -2.49. The Labute approximate surface area is 143 Å². The molecule has 0 aliphatic heterocycles. The zero-order chi connectivity index (χ0) is 17.5. The van der Waals surface area contributed by atoms with Gasteiger partial charge in [0.1, 0.15) is 5.65 Å². The maximum atomic E-state index is 4.84. The molecule has 0 unspecified atom stereocenters. The number of imidazole rings is 1. The van der Waals surface area contributed by atoms with E-state index in [0.29, 0.717) is 0 Å². The number of nitrogens with zero attached hydrogens (tertiary/aromatic N) is 4. The lowest BCUT2D eigenvalue weighted by atomic mass is 9.92. The third-order valence-corrected chi connectivity index (χ3v) is 4.14. The first kappa shape index (κ1) is 16.4. The van der Waals surface area contributed by atoms with Gasteiger partial charge in [-0.25, -0.2) is 4.98 Å². The molecule has 0 saturated carbocycles. The minimum atomic E-state index is -0.102. The summed E-state index contributed by atoms with van der Waals surface area (Å²) in [5, 5.41) is 9.10. The van der Waals surface area contributed by atoms with Crippen LogP contribution in [-0.4, -0.2) is 9.38 Å². The summed E-state index contributed by atoms with van der Waals surface area (Å²) in [6, 6.07) is 10.3. The summed E-state index contributed by atoms with van der Waals surface area (Å²) >= 11 is 0. The molecule has 0 aliphatic rings. The number of aromatic nitrogens is 2. The van der Waals surface area contributed by atoms with Crippen LogP contribution in [0.1, 0.15) is 43.2 Å². The van der Waals surface area contributed by atoms with E-state index in [1.165, 1.54) is 5.56 Å². The predicted octanol–water partition coefficient (Wildman–Crippen LogP) is 5.97. The highest BCUT2D eigenvalue weighted by molar-refractivity contribution is 5.58. The van der Waals surface area contributed by atoms with Crippen LogP contribution in [0.5, 0.6) is 0 Å². The summed E-state index contributed by atoms with van der Waals surface area (Å²) in [6.45, 7) is 12.7. The van der Waals surface area contributed by atoms with Gasteiger partial charge in [-0.2, -0.15) is 0 Å². The second kappa shape index (κ2) is 5.86. The van der Waals surface area contributed by atoms with Crippen molar-refractivity contribution in [3.05, 3.63) is 58.9 Å². The van der Waals surface area contributed by atoms with Gasteiger partial charge in [0.2, 0.25) is 0 Å². The minimum Gasteiger partial charge on any atom is -0.283 e. The largest absolute Gasteiger partial charge is 0.283 e. The van der Waals surface area contributed by atoms with Crippen LogP contribution >= 0.6 is 0 Å². The topological polar surface area (TPSA) is 42.0 Å². The van der Waals surface area contributed by atoms with E-state index in [0.717, 1.165) is 34.0 Å². The van der Waals surface area contributed by atoms with Gasteiger partial charge in [-0.15, -0.1) is 10.2 Å². The summed E-state index contributed by atoms with van der Waals surface area (Å²) < 4.78 is 2.03. The Balaban J connectivity index is 2.17. The summed E-state index contributed by atoms with van der Waals surface area (Å²) in [6.07, 6.45) is 2.00. The van der Waals surface area contributed by atoms with E-state index in [9.17, 15) is 0 Å². The van der Waals surface area contributed by atoms with Gasteiger partial charge in [0.15, 0.2) is 5.82 Å². The van der Waals surface area contributed by atoms with Crippen molar-refractivity contribution >= 4 is 17.2 Å². The van der Waals surface area contributed by atoms with Crippen LogP contribution in [0.4, 0.5) is 11.5 Å². The van der Waals surface area contributed by atoms with Crippen LogP contribution in [0.25, 0.3) is 5.65 Å². The summed E-state index contributed by atoms with van der Waals surface area (Å²) in [7, 11) is 0. The first-order chi connectivity index (χ1) is 11.3. The Kier molecular flexibility index (Phi) is 3.99. The lowest BCUT2D eigenvalue weighted by molar-refractivity contribution is 0.573. The van der Waals surface area contributed by atoms with Gasteiger partial charge in [-0.05, 0) is 44.0 Å². The molecule has 0 N–H and O–H groups in total. The maximum Gasteiger partial charge on any atom is 0.183 e. The highest BCUT2D eigenvalue weighted by Gasteiger charge is 2.24. The van der Waals surface area contributed by atoms with E-state index < -0.39 is 0 Å². The molecule has 24 heavy (non-hydrogen) atoms. The van der Waals surface area contributed by atoms with Gasteiger partial charge in [-0.1, -0.05) is 44.5 Å². The van der Waals surface area contributed by atoms with E-state index in [4.69, 9.17) is 4.98 Å². The number of benzene rings is 1. The molecule has 3 aromatic rings. The fraction of sp³-hybridized carbons (Fsp3) is 0.350. The molecule has 4 nitrogen and oxygen atoms in total. The molecule has 0 atom stereocenters. The second-order valence-electron chi connectivity index (χ2n) is 7.41. The van der Waals surface area contributed by atoms with Crippen molar-refractivity contribution < 1.29 is 0 Å². The fourth-order valence-electron chi connectivity index (χ4n) is 2.81. The molecular formula is C20H24N4. The Morgan fingerprint density at radius 2 is 1.71 bits per heavy atom. The molecule has 2 heterocycles. The molecule has 0 bridgehead atoms. The first-order valence-electron chi connectivity index (χ1n) is 8.24. The zero-order valence-electron chi connectivity index (χ0n) is 15.3. The van der Waals surface area contributed by atoms with Gasteiger partial charge >= 0.3 is 0 Å². The smallest absolute Gasteiger partial charge is 0.183 e. The number of hydrogen-bond donors (Lipinski definition) is 0. The Morgan fingerprint density at radius 1 is 0.958 bits per heavy atom. The van der Waals surface area contributed by atoms with Crippen molar-refractivity contribution in [2.24, 2.45) is 10.2 Å². The van der Waals surface area contributed by atoms with Crippen LogP contribution in [0.2, 0.25) is 0 Å². The molecule has 4 heteroatoms. The van der Waals surface area contributed by atoms with Crippen LogP contribution < -0.4 is 0 Å². The van der Waals surface area contributed by atoms with Crippen molar-refractivity contribution in [1.29, 1.82) is 0 Å². The van der Waals surface area contributed by atoms with Gasteiger partial charge in [0.05, 0.1) is 11.4 Å². The van der Waals surface area contributed by atoms with E-state index in [-0.39, 0.29) is 5.41 Å². The average Bonchev–Trinajstić information content (AvgIpc) is 2.87. The highest BCUT2D eigenvalue weighted by Crippen LogP contribution is 2.34. The molecule has 0 saturated heterocycles. The predicted molar refractivity (Wildman–Crippen MR) is 98.7 cm³/mol. The van der Waals surface area contributed by atoms with Gasteiger partial charge < -0.3 is 0 Å². The molecule has 0 aliphatic carbocycles. The van der Waals surface area contributed by atoms with Gasteiger partial charge in [0, 0.05) is 11.6 Å². The van der Waals surface area contributed by atoms with E-state index in [1.807, 2.05) is 22.7 Å². The number of pyridine rings is 1. The number of hydrogen-bond acceptors (Lipinski definition) is 3. The molecule has 124 valence electrons. The minimum absolute atomic E-state index is 0.102. The van der Waals surface area contributed by atoms with E-state index in [1.54, 1.807) is 0 Å². The zero-order valence-corrected chi connectivity index (χ0v) is 15.3. The molecule has 0 fully saturated rings. The lowest BCUT2D eigenvalue weighted by Crippen LogP contribution is -2.11. The third-order valence-electron chi connectivity index (χ3n) is 4.14. The van der Waals surface area contributed by atoms with Crippen LogP contribution in [0.15, 0.2) is 46.8 Å². The standard InChI is InChI=1S/C20H24N4/c1-13-9-10-16(15(3)12-13)22-23-19-17(20(4,5)6)21-18-14(2)8-7-11-24(18)19/h7-12H,1-6H3. The monoisotopic (exact) mass is 320 g/mol. The van der Waals surface area contributed by atoms with Crippen molar-refractivity contribution in [3.8, 4) is 0 Å². The maximum absolute atomic E-state index is 4.84. The number of aryl methyl sites for hydroxylation is 3.